The summed E-state index contributed by atoms with van der Waals surface area (Å²) in [6.07, 6.45) is 10.8. The van der Waals surface area contributed by atoms with E-state index in [2.05, 4.69) is 0 Å². The van der Waals surface area contributed by atoms with Crippen LogP contribution in [0.15, 0.2) is 0 Å². The molecule has 0 amide bonds. The molecule has 0 bridgehead atoms. The van der Waals surface area contributed by atoms with Gasteiger partial charge in [-0.3, -0.25) is 4.79 Å². The zero-order chi connectivity index (χ0) is 12.8. The van der Waals surface area contributed by atoms with Gasteiger partial charge in [0, 0.05) is 18.9 Å². The van der Waals surface area contributed by atoms with Crippen molar-refractivity contribution in [2.45, 2.75) is 69.8 Å². The number of nitrogens with two attached hydrogens (primary N) is 1. The first-order valence-electron chi connectivity index (χ1n) is 7.62. The first-order chi connectivity index (χ1) is 8.76. The van der Waals surface area contributed by atoms with Gasteiger partial charge in [-0.1, -0.05) is 12.8 Å². The van der Waals surface area contributed by atoms with E-state index in [-0.39, 0.29) is 11.5 Å². The maximum absolute atomic E-state index is 12.2. The zero-order valence-electron chi connectivity index (χ0n) is 11.5. The van der Waals surface area contributed by atoms with Gasteiger partial charge in [0.2, 0.25) is 0 Å². The average molecular weight is 253 g/mol. The van der Waals surface area contributed by atoms with Crippen LogP contribution in [0.4, 0.5) is 0 Å². The molecule has 1 saturated carbocycles. The van der Waals surface area contributed by atoms with E-state index in [1.54, 1.807) is 0 Å². The minimum Gasteiger partial charge on any atom is -0.375 e. The van der Waals surface area contributed by atoms with Crippen LogP contribution in [0.5, 0.6) is 0 Å². The predicted octanol–water partition coefficient (Wildman–Crippen LogP) is 2.81. The van der Waals surface area contributed by atoms with E-state index in [0.29, 0.717) is 5.78 Å². The minimum absolute atomic E-state index is 0.109. The molecule has 1 spiro atoms. The molecule has 1 unspecified atom stereocenters. The van der Waals surface area contributed by atoms with Crippen molar-refractivity contribution in [2.24, 2.45) is 11.7 Å². The summed E-state index contributed by atoms with van der Waals surface area (Å²) < 4.78 is 5.87. The van der Waals surface area contributed by atoms with Crippen LogP contribution in [-0.2, 0) is 9.53 Å². The molecule has 0 aromatic heterocycles. The quantitative estimate of drug-likeness (QED) is 0.710. The van der Waals surface area contributed by atoms with Gasteiger partial charge in [-0.2, -0.15) is 0 Å². The fraction of sp³-hybridized carbons (Fsp3) is 0.933. The second-order valence-corrected chi connectivity index (χ2v) is 5.99. The van der Waals surface area contributed by atoms with Gasteiger partial charge >= 0.3 is 0 Å². The lowest BCUT2D eigenvalue weighted by Crippen LogP contribution is -2.47. The van der Waals surface area contributed by atoms with E-state index < -0.39 is 0 Å². The third kappa shape index (κ3) is 3.55. The van der Waals surface area contributed by atoms with Gasteiger partial charge in [-0.25, -0.2) is 0 Å². The number of ether oxygens (including phenoxy) is 1. The second-order valence-electron chi connectivity index (χ2n) is 5.99. The molecular weight excluding hydrogens is 226 g/mol. The molecule has 18 heavy (non-hydrogen) atoms. The van der Waals surface area contributed by atoms with Crippen LogP contribution < -0.4 is 5.73 Å². The Morgan fingerprint density at radius 2 is 2.00 bits per heavy atom. The van der Waals surface area contributed by atoms with E-state index in [1.807, 2.05) is 0 Å². The largest absolute Gasteiger partial charge is 0.375 e. The molecule has 1 aliphatic heterocycles. The minimum atomic E-state index is 0.109. The molecule has 3 heteroatoms. The summed E-state index contributed by atoms with van der Waals surface area (Å²) in [5, 5.41) is 0. The topological polar surface area (TPSA) is 52.3 Å². The van der Waals surface area contributed by atoms with E-state index >= 15 is 0 Å². The van der Waals surface area contributed by atoms with Gasteiger partial charge in [0.05, 0.1) is 5.60 Å². The molecule has 1 atom stereocenters. The SMILES string of the molecule is NCCCCCCC(=O)C1CCOC2(CCC2)C1. The molecule has 1 heterocycles. The second kappa shape index (κ2) is 6.67. The molecule has 2 aliphatic rings. The molecule has 1 saturated heterocycles. The van der Waals surface area contributed by atoms with Crippen molar-refractivity contribution in [2.75, 3.05) is 13.2 Å². The molecule has 2 rings (SSSR count). The molecule has 0 aromatic carbocycles. The van der Waals surface area contributed by atoms with Crippen LogP contribution in [-0.4, -0.2) is 24.5 Å². The highest BCUT2D eigenvalue weighted by Crippen LogP contribution is 2.44. The van der Waals surface area contributed by atoms with Gasteiger partial charge in [0.15, 0.2) is 0 Å². The highest BCUT2D eigenvalue weighted by atomic mass is 16.5. The summed E-state index contributed by atoms with van der Waals surface area (Å²) in [5.74, 6) is 0.769. The van der Waals surface area contributed by atoms with Gasteiger partial charge in [0.25, 0.3) is 0 Å². The fourth-order valence-electron chi connectivity index (χ4n) is 3.22. The maximum Gasteiger partial charge on any atom is 0.136 e. The summed E-state index contributed by atoms with van der Waals surface area (Å²) in [6, 6.07) is 0. The first kappa shape index (κ1) is 14.0. The number of carbonyl (C=O) groups excluding carboxylic acids is 1. The highest BCUT2D eigenvalue weighted by Gasteiger charge is 2.43. The van der Waals surface area contributed by atoms with E-state index in [0.717, 1.165) is 51.7 Å². The van der Waals surface area contributed by atoms with Crippen LogP contribution in [0.25, 0.3) is 0 Å². The lowest BCUT2D eigenvalue weighted by molar-refractivity contribution is -0.155. The van der Waals surface area contributed by atoms with Crippen molar-refractivity contribution >= 4 is 5.78 Å². The Balaban J connectivity index is 1.65. The molecule has 1 aliphatic carbocycles. The number of ketones is 1. The van der Waals surface area contributed by atoms with E-state index in [4.69, 9.17) is 10.5 Å². The van der Waals surface area contributed by atoms with Crippen molar-refractivity contribution in [1.29, 1.82) is 0 Å². The number of rotatable bonds is 7. The van der Waals surface area contributed by atoms with Gasteiger partial charge in [-0.05, 0) is 51.5 Å². The first-order valence-corrected chi connectivity index (χ1v) is 7.62. The third-order valence-electron chi connectivity index (χ3n) is 4.59. The van der Waals surface area contributed by atoms with Crippen LogP contribution in [0, 0.1) is 5.92 Å². The fourth-order valence-corrected chi connectivity index (χ4v) is 3.22. The Bertz CT molecular complexity index is 274. The standard InChI is InChI=1S/C15H27NO2/c16-10-4-2-1-3-6-14(17)13-7-11-18-15(12-13)8-5-9-15/h13H,1-12,16H2. The van der Waals surface area contributed by atoms with Crippen LogP contribution in [0.1, 0.15) is 64.2 Å². The monoisotopic (exact) mass is 253 g/mol. The van der Waals surface area contributed by atoms with Crippen LogP contribution >= 0.6 is 0 Å². The summed E-state index contributed by atoms with van der Waals surface area (Å²) >= 11 is 0. The van der Waals surface area contributed by atoms with E-state index in [1.165, 1.54) is 25.7 Å². The molecule has 0 aromatic rings. The average Bonchev–Trinajstić information content (AvgIpc) is 2.36. The summed E-state index contributed by atoms with van der Waals surface area (Å²) in [5.41, 5.74) is 5.57. The van der Waals surface area contributed by atoms with Gasteiger partial charge in [-0.15, -0.1) is 0 Å². The molecule has 2 N–H and O–H groups in total. The van der Waals surface area contributed by atoms with Crippen molar-refractivity contribution in [3.05, 3.63) is 0 Å². The predicted molar refractivity (Wildman–Crippen MR) is 72.4 cm³/mol. The Labute approximate surface area is 110 Å². The smallest absolute Gasteiger partial charge is 0.136 e. The van der Waals surface area contributed by atoms with Crippen molar-refractivity contribution in [3.63, 3.8) is 0 Å². The van der Waals surface area contributed by atoms with Gasteiger partial charge in [0.1, 0.15) is 5.78 Å². The van der Waals surface area contributed by atoms with E-state index in [9.17, 15) is 4.79 Å². The van der Waals surface area contributed by atoms with Crippen LogP contribution in [0.3, 0.4) is 0 Å². The Hall–Kier alpha value is -0.410. The van der Waals surface area contributed by atoms with Crippen LogP contribution in [0.2, 0.25) is 0 Å². The van der Waals surface area contributed by atoms with Gasteiger partial charge < -0.3 is 10.5 Å². The highest BCUT2D eigenvalue weighted by molar-refractivity contribution is 5.81. The lowest BCUT2D eigenvalue weighted by atomic mass is 9.71. The summed E-state index contributed by atoms with van der Waals surface area (Å²) in [7, 11) is 0. The molecule has 104 valence electrons. The van der Waals surface area contributed by atoms with Crippen molar-refractivity contribution in [3.8, 4) is 0 Å². The van der Waals surface area contributed by atoms with Crippen molar-refractivity contribution in [1.82, 2.24) is 0 Å². The molecule has 0 radical (unpaired) electrons. The molecule has 2 fully saturated rings. The molecular formula is C15H27NO2. The van der Waals surface area contributed by atoms with Crippen molar-refractivity contribution < 1.29 is 9.53 Å². The lowest BCUT2D eigenvalue weighted by Gasteiger charge is -2.46. The Morgan fingerprint density at radius 3 is 2.67 bits per heavy atom. The number of carbonyl (C=O) groups is 1. The third-order valence-corrected chi connectivity index (χ3v) is 4.59. The number of hydrogen-bond donors (Lipinski definition) is 1. The zero-order valence-corrected chi connectivity index (χ0v) is 11.5. The molecule has 3 nitrogen and oxygen atoms in total. The summed E-state index contributed by atoms with van der Waals surface area (Å²) in [4.78, 5) is 12.2. The Morgan fingerprint density at radius 1 is 1.22 bits per heavy atom. The number of Topliss-reactive ketones (excluding diaryl/α,β-unsaturated/α-hetero) is 1. The maximum atomic E-state index is 12.2. The number of hydrogen-bond acceptors (Lipinski definition) is 3. The number of unbranched alkanes of at least 4 members (excludes halogenated alkanes) is 3. The normalized spacial score (nSPS) is 25.9. The Kier molecular flexibility index (Phi) is 5.19. The summed E-state index contributed by atoms with van der Waals surface area (Å²) in [6.45, 7) is 1.57.